The van der Waals surface area contributed by atoms with Gasteiger partial charge in [0.2, 0.25) is 5.95 Å². The van der Waals surface area contributed by atoms with Crippen LogP contribution in [-0.4, -0.2) is 69.9 Å². The Balaban J connectivity index is 0.00000280. The quantitative estimate of drug-likeness (QED) is 0.285. The van der Waals surface area contributed by atoms with Crippen LogP contribution in [0.4, 0.5) is 5.95 Å². The van der Waals surface area contributed by atoms with Crippen LogP contribution in [-0.2, 0) is 6.54 Å². The molecule has 28 heavy (non-hydrogen) atoms. The maximum Gasteiger partial charge on any atom is 0.225 e. The number of anilines is 1. The summed E-state index contributed by atoms with van der Waals surface area (Å²) in [5, 5.41) is 7.94. The molecule has 0 unspecified atom stereocenters. The second-order valence-electron chi connectivity index (χ2n) is 6.76. The Morgan fingerprint density at radius 3 is 2.46 bits per heavy atom. The molecule has 0 atom stereocenters. The molecule has 0 aromatic carbocycles. The molecule has 0 spiro atoms. The zero-order valence-electron chi connectivity index (χ0n) is 17.0. The first kappa shape index (κ1) is 22.4. The number of rotatable bonds is 6. The molecule has 8 nitrogen and oxygen atoms in total. The Kier molecular flexibility index (Phi) is 8.94. The third-order valence-electron chi connectivity index (χ3n) is 4.64. The first-order valence-corrected chi connectivity index (χ1v) is 9.73. The van der Waals surface area contributed by atoms with Gasteiger partial charge in [-0.25, -0.2) is 9.97 Å². The predicted molar refractivity (Wildman–Crippen MR) is 124 cm³/mol. The Labute approximate surface area is 184 Å². The summed E-state index contributed by atoms with van der Waals surface area (Å²) in [4.78, 5) is 18.1. The molecule has 154 valence electrons. The molecule has 0 aliphatic carbocycles. The zero-order valence-corrected chi connectivity index (χ0v) is 19.3. The standard InChI is InChI=1S/C19H30N8.HI/c1-4-20-18(23-9-6-10-27-17(3)15-16(2)24-27)25-11-13-26(14-12-25)19-21-7-5-8-22-19;/h5,7-8,15H,4,6,9-14H2,1-3H3,(H,20,23);1H. The van der Waals surface area contributed by atoms with E-state index in [2.05, 4.69) is 54.8 Å². The van der Waals surface area contributed by atoms with E-state index >= 15 is 0 Å². The molecule has 1 saturated heterocycles. The number of hydrogen-bond donors (Lipinski definition) is 1. The van der Waals surface area contributed by atoms with Gasteiger partial charge < -0.3 is 15.1 Å². The molecule has 0 amide bonds. The lowest BCUT2D eigenvalue weighted by Gasteiger charge is -2.36. The van der Waals surface area contributed by atoms with Crippen LogP contribution in [0.3, 0.4) is 0 Å². The van der Waals surface area contributed by atoms with Crippen molar-refractivity contribution in [1.82, 2.24) is 30.0 Å². The van der Waals surface area contributed by atoms with Gasteiger partial charge in [0.15, 0.2) is 5.96 Å². The van der Waals surface area contributed by atoms with Gasteiger partial charge in [-0.2, -0.15) is 5.10 Å². The number of hydrogen-bond acceptors (Lipinski definition) is 5. The number of aromatic nitrogens is 4. The number of halogens is 1. The molecule has 3 rings (SSSR count). The van der Waals surface area contributed by atoms with Crippen LogP contribution in [0.15, 0.2) is 29.5 Å². The number of guanidine groups is 1. The van der Waals surface area contributed by atoms with E-state index in [-0.39, 0.29) is 24.0 Å². The molecule has 1 N–H and O–H groups in total. The minimum Gasteiger partial charge on any atom is -0.357 e. The summed E-state index contributed by atoms with van der Waals surface area (Å²) in [5.41, 5.74) is 2.28. The first-order valence-electron chi connectivity index (χ1n) is 9.73. The maximum atomic E-state index is 4.83. The monoisotopic (exact) mass is 498 g/mol. The molecule has 1 aliphatic heterocycles. The van der Waals surface area contributed by atoms with E-state index in [4.69, 9.17) is 4.99 Å². The third kappa shape index (κ3) is 6.05. The summed E-state index contributed by atoms with van der Waals surface area (Å²) < 4.78 is 2.07. The first-order chi connectivity index (χ1) is 13.2. The topological polar surface area (TPSA) is 74.5 Å². The lowest BCUT2D eigenvalue weighted by molar-refractivity contribution is 0.370. The second-order valence-corrected chi connectivity index (χ2v) is 6.76. The fourth-order valence-electron chi connectivity index (χ4n) is 3.31. The Morgan fingerprint density at radius 1 is 1.14 bits per heavy atom. The fourth-order valence-corrected chi connectivity index (χ4v) is 3.31. The molecule has 2 aromatic heterocycles. The molecule has 1 aliphatic rings. The SMILES string of the molecule is CCNC(=NCCCn1nc(C)cc1C)N1CCN(c2ncccn2)CC1.I. The lowest BCUT2D eigenvalue weighted by Crippen LogP contribution is -2.53. The minimum atomic E-state index is 0. The molecule has 2 aromatic rings. The van der Waals surface area contributed by atoms with E-state index in [1.807, 2.05) is 13.0 Å². The highest BCUT2D eigenvalue weighted by molar-refractivity contribution is 14.0. The zero-order chi connectivity index (χ0) is 19.1. The Bertz CT molecular complexity index is 738. The van der Waals surface area contributed by atoms with Crippen LogP contribution in [0, 0.1) is 13.8 Å². The molecular weight excluding hydrogens is 467 g/mol. The van der Waals surface area contributed by atoms with E-state index in [0.717, 1.165) is 69.8 Å². The number of nitrogens with zero attached hydrogens (tertiary/aromatic N) is 7. The van der Waals surface area contributed by atoms with Gasteiger partial charge in [0.25, 0.3) is 0 Å². The smallest absolute Gasteiger partial charge is 0.225 e. The summed E-state index contributed by atoms with van der Waals surface area (Å²) in [6.07, 6.45) is 4.57. The van der Waals surface area contributed by atoms with Crippen molar-refractivity contribution in [2.45, 2.75) is 33.7 Å². The normalized spacial score (nSPS) is 14.8. The largest absolute Gasteiger partial charge is 0.357 e. The van der Waals surface area contributed by atoms with Crippen molar-refractivity contribution < 1.29 is 0 Å². The average Bonchev–Trinajstić information content (AvgIpc) is 3.02. The van der Waals surface area contributed by atoms with Crippen molar-refractivity contribution in [1.29, 1.82) is 0 Å². The number of aryl methyl sites for hydroxylation is 3. The third-order valence-corrected chi connectivity index (χ3v) is 4.64. The van der Waals surface area contributed by atoms with Gasteiger partial charge in [-0.05, 0) is 39.3 Å². The van der Waals surface area contributed by atoms with Gasteiger partial charge in [0.05, 0.1) is 5.69 Å². The van der Waals surface area contributed by atoms with E-state index in [9.17, 15) is 0 Å². The number of aliphatic imine (C=N–C) groups is 1. The highest BCUT2D eigenvalue weighted by Crippen LogP contribution is 2.10. The van der Waals surface area contributed by atoms with Gasteiger partial charge in [-0.1, -0.05) is 0 Å². The van der Waals surface area contributed by atoms with E-state index < -0.39 is 0 Å². The van der Waals surface area contributed by atoms with Gasteiger partial charge >= 0.3 is 0 Å². The molecule has 0 radical (unpaired) electrons. The van der Waals surface area contributed by atoms with Crippen LogP contribution < -0.4 is 10.2 Å². The summed E-state index contributed by atoms with van der Waals surface area (Å²) in [7, 11) is 0. The summed E-state index contributed by atoms with van der Waals surface area (Å²) in [5.74, 6) is 1.81. The summed E-state index contributed by atoms with van der Waals surface area (Å²) in [6.45, 7) is 12.5. The van der Waals surface area contributed by atoms with Crippen molar-refractivity contribution in [3.05, 3.63) is 35.9 Å². The second kappa shape index (κ2) is 11.2. The minimum absolute atomic E-state index is 0. The van der Waals surface area contributed by atoms with Crippen LogP contribution in [0.5, 0.6) is 0 Å². The van der Waals surface area contributed by atoms with E-state index in [1.54, 1.807) is 12.4 Å². The summed E-state index contributed by atoms with van der Waals surface area (Å²) in [6, 6.07) is 3.96. The predicted octanol–water partition coefficient (Wildman–Crippen LogP) is 2.09. The van der Waals surface area contributed by atoms with Crippen LogP contribution in [0.2, 0.25) is 0 Å². The molecule has 1 fully saturated rings. The average molecular weight is 498 g/mol. The molecule has 9 heteroatoms. The van der Waals surface area contributed by atoms with E-state index in [0.29, 0.717) is 0 Å². The number of piperazine rings is 1. The van der Waals surface area contributed by atoms with Crippen LogP contribution >= 0.6 is 24.0 Å². The molecular formula is C19H31IN8. The van der Waals surface area contributed by atoms with Crippen molar-refractivity contribution in [3.8, 4) is 0 Å². The Morgan fingerprint density at radius 2 is 1.86 bits per heavy atom. The van der Waals surface area contributed by atoms with Gasteiger partial charge in [0, 0.05) is 63.9 Å². The number of nitrogens with one attached hydrogen (secondary N) is 1. The summed E-state index contributed by atoms with van der Waals surface area (Å²) >= 11 is 0. The van der Waals surface area contributed by atoms with Crippen LogP contribution in [0.1, 0.15) is 24.7 Å². The Hall–Kier alpha value is -1.91. The molecule has 0 bridgehead atoms. The van der Waals surface area contributed by atoms with Crippen LogP contribution in [0.25, 0.3) is 0 Å². The van der Waals surface area contributed by atoms with Crippen molar-refractivity contribution in [2.75, 3.05) is 44.2 Å². The lowest BCUT2D eigenvalue weighted by atomic mass is 10.3. The van der Waals surface area contributed by atoms with Gasteiger partial charge in [0.1, 0.15) is 0 Å². The van der Waals surface area contributed by atoms with E-state index in [1.165, 1.54) is 5.69 Å². The van der Waals surface area contributed by atoms with Crippen molar-refractivity contribution in [3.63, 3.8) is 0 Å². The molecule has 0 saturated carbocycles. The van der Waals surface area contributed by atoms with Crippen molar-refractivity contribution in [2.24, 2.45) is 4.99 Å². The van der Waals surface area contributed by atoms with Crippen molar-refractivity contribution >= 4 is 35.9 Å². The highest BCUT2D eigenvalue weighted by atomic mass is 127. The van der Waals surface area contributed by atoms with Gasteiger partial charge in [-0.3, -0.25) is 9.67 Å². The molecule has 3 heterocycles. The fraction of sp³-hybridized carbons (Fsp3) is 0.579. The van der Waals surface area contributed by atoms with Gasteiger partial charge in [-0.15, -0.1) is 24.0 Å². The maximum absolute atomic E-state index is 4.83. The highest BCUT2D eigenvalue weighted by Gasteiger charge is 2.20.